The molecule has 72 valence electrons. The molecule has 1 heterocycles. The van der Waals surface area contributed by atoms with E-state index in [2.05, 4.69) is 9.72 Å². The number of pyridine rings is 1. The van der Waals surface area contributed by atoms with Crippen molar-refractivity contribution in [2.24, 2.45) is 0 Å². The molecular weight excluding hydrogens is 204 g/mol. The minimum atomic E-state index is -0.563. The molecule has 0 fully saturated rings. The van der Waals surface area contributed by atoms with Crippen molar-refractivity contribution in [3.05, 3.63) is 28.5 Å². The van der Waals surface area contributed by atoms with E-state index in [4.69, 9.17) is 16.9 Å². The van der Waals surface area contributed by atoms with E-state index in [1.807, 2.05) is 6.07 Å². The Morgan fingerprint density at radius 3 is 3.00 bits per heavy atom. The van der Waals surface area contributed by atoms with E-state index in [0.29, 0.717) is 10.7 Å². The van der Waals surface area contributed by atoms with Crippen LogP contribution in [0.15, 0.2) is 12.1 Å². The zero-order chi connectivity index (χ0) is 10.6. The molecule has 14 heavy (non-hydrogen) atoms. The maximum Gasteiger partial charge on any atom is 0.356 e. The number of hydrogen-bond acceptors (Lipinski definition) is 4. The van der Waals surface area contributed by atoms with Crippen molar-refractivity contribution in [1.29, 1.82) is 5.26 Å². The lowest BCUT2D eigenvalue weighted by molar-refractivity contribution is 0.0594. The summed E-state index contributed by atoms with van der Waals surface area (Å²) in [5.74, 6) is -0.563. The fraction of sp³-hybridized carbons (Fsp3) is 0.222. The van der Waals surface area contributed by atoms with Gasteiger partial charge in [-0.1, -0.05) is 11.6 Å². The Labute approximate surface area is 86.1 Å². The van der Waals surface area contributed by atoms with Crippen LogP contribution in [0.1, 0.15) is 16.2 Å². The van der Waals surface area contributed by atoms with Crippen LogP contribution in [-0.2, 0) is 11.2 Å². The fourth-order valence-electron chi connectivity index (χ4n) is 0.931. The number of nitriles is 1. The number of nitrogens with zero attached hydrogens (tertiary/aromatic N) is 2. The van der Waals surface area contributed by atoms with Gasteiger partial charge >= 0.3 is 5.97 Å². The van der Waals surface area contributed by atoms with Gasteiger partial charge in [-0.3, -0.25) is 0 Å². The predicted molar refractivity (Wildman–Crippen MR) is 49.9 cm³/mol. The van der Waals surface area contributed by atoms with Gasteiger partial charge in [0.05, 0.1) is 25.3 Å². The van der Waals surface area contributed by atoms with Crippen molar-refractivity contribution in [1.82, 2.24) is 4.98 Å². The molecule has 0 bridgehead atoms. The lowest BCUT2D eigenvalue weighted by atomic mass is 10.2. The minimum Gasteiger partial charge on any atom is -0.464 e. The first kappa shape index (κ1) is 10.5. The highest BCUT2D eigenvalue weighted by Gasteiger charge is 2.09. The number of ether oxygens (including phenoxy) is 1. The van der Waals surface area contributed by atoms with Gasteiger partial charge in [0, 0.05) is 5.02 Å². The lowest BCUT2D eigenvalue weighted by Crippen LogP contribution is -2.05. The molecule has 0 aliphatic heterocycles. The first-order chi connectivity index (χ1) is 6.67. The lowest BCUT2D eigenvalue weighted by Gasteiger charge is -2.01. The highest BCUT2D eigenvalue weighted by atomic mass is 35.5. The molecule has 0 spiro atoms. The van der Waals surface area contributed by atoms with Crippen molar-refractivity contribution in [2.45, 2.75) is 6.42 Å². The Hall–Kier alpha value is -1.60. The summed E-state index contributed by atoms with van der Waals surface area (Å²) in [5.41, 5.74) is 0.575. The largest absolute Gasteiger partial charge is 0.464 e. The zero-order valence-corrected chi connectivity index (χ0v) is 8.21. The normalized spacial score (nSPS) is 9.21. The van der Waals surface area contributed by atoms with Crippen LogP contribution in [0.3, 0.4) is 0 Å². The Morgan fingerprint density at radius 1 is 1.71 bits per heavy atom. The van der Waals surface area contributed by atoms with E-state index >= 15 is 0 Å². The van der Waals surface area contributed by atoms with Gasteiger partial charge in [0.1, 0.15) is 5.69 Å². The second-order valence-corrected chi connectivity index (χ2v) is 2.92. The van der Waals surface area contributed by atoms with Crippen molar-refractivity contribution in [2.75, 3.05) is 7.11 Å². The maximum atomic E-state index is 11.1. The number of rotatable bonds is 2. The molecule has 0 amide bonds. The monoisotopic (exact) mass is 210 g/mol. The molecule has 0 aliphatic rings. The van der Waals surface area contributed by atoms with Crippen molar-refractivity contribution in [3.8, 4) is 6.07 Å². The molecule has 0 saturated carbocycles. The molecule has 1 aromatic rings. The van der Waals surface area contributed by atoms with Crippen LogP contribution in [0, 0.1) is 11.3 Å². The Kier molecular flexibility index (Phi) is 3.43. The topological polar surface area (TPSA) is 63.0 Å². The molecule has 0 saturated heterocycles. The number of esters is 1. The molecule has 0 aromatic carbocycles. The number of methoxy groups -OCH3 is 1. The summed E-state index contributed by atoms with van der Waals surface area (Å²) >= 11 is 5.73. The molecule has 0 aliphatic carbocycles. The van der Waals surface area contributed by atoms with E-state index in [1.54, 1.807) is 0 Å². The average molecular weight is 211 g/mol. The Bertz CT molecular complexity index is 398. The van der Waals surface area contributed by atoms with Gasteiger partial charge in [-0.05, 0) is 12.1 Å². The zero-order valence-electron chi connectivity index (χ0n) is 7.45. The molecule has 0 radical (unpaired) electrons. The number of carbonyl (C=O) groups excluding carboxylic acids is 1. The molecule has 5 heteroatoms. The van der Waals surface area contributed by atoms with Crippen LogP contribution in [-0.4, -0.2) is 18.1 Å². The van der Waals surface area contributed by atoms with Crippen LogP contribution in [0.5, 0.6) is 0 Å². The summed E-state index contributed by atoms with van der Waals surface area (Å²) < 4.78 is 4.48. The second-order valence-electron chi connectivity index (χ2n) is 2.49. The third-order valence-electron chi connectivity index (χ3n) is 1.50. The van der Waals surface area contributed by atoms with Gasteiger partial charge in [-0.15, -0.1) is 0 Å². The summed E-state index contributed by atoms with van der Waals surface area (Å²) in [6.45, 7) is 0. The summed E-state index contributed by atoms with van der Waals surface area (Å²) in [6.07, 6.45) is 0.116. The number of aromatic nitrogens is 1. The average Bonchev–Trinajstić information content (AvgIpc) is 2.16. The molecule has 0 N–H and O–H groups in total. The highest BCUT2D eigenvalue weighted by Crippen LogP contribution is 2.12. The van der Waals surface area contributed by atoms with E-state index in [1.165, 1.54) is 19.2 Å². The van der Waals surface area contributed by atoms with Crippen LogP contribution >= 0.6 is 11.6 Å². The van der Waals surface area contributed by atoms with E-state index in [-0.39, 0.29) is 12.1 Å². The summed E-state index contributed by atoms with van der Waals surface area (Å²) in [5, 5.41) is 8.81. The van der Waals surface area contributed by atoms with E-state index in [0.717, 1.165) is 0 Å². The van der Waals surface area contributed by atoms with Gasteiger partial charge in [0.15, 0.2) is 0 Å². The first-order valence-electron chi connectivity index (χ1n) is 3.79. The van der Waals surface area contributed by atoms with E-state index < -0.39 is 5.97 Å². The Balaban J connectivity index is 3.08. The SMILES string of the molecule is COC(=O)c1cc(Cl)cc(CC#N)n1. The van der Waals surface area contributed by atoms with E-state index in [9.17, 15) is 4.79 Å². The molecule has 0 unspecified atom stereocenters. The second kappa shape index (κ2) is 4.58. The van der Waals surface area contributed by atoms with Crippen LogP contribution in [0.25, 0.3) is 0 Å². The minimum absolute atomic E-state index is 0.116. The third kappa shape index (κ3) is 2.44. The molecular formula is C9H7ClN2O2. The summed E-state index contributed by atoms with van der Waals surface area (Å²) in [6, 6.07) is 4.86. The van der Waals surface area contributed by atoms with Gasteiger partial charge in [0.2, 0.25) is 0 Å². The maximum absolute atomic E-state index is 11.1. The Morgan fingerprint density at radius 2 is 2.43 bits per heavy atom. The van der Waals surface area contributed by atoms with Crippen molar-refractivity contribution < 1.29 is 9.53 Å². The fourth-order valence-corrected chi connectivity index (χ4v) is 1.16. The number of carbonyl (C=O) groups is 1. The van der Waals surface area contributed by atoms with Crippen LogP contribution < -0.4 is 0 Å². The number of hydrogen-bond donors (Lipinski definition) is 0. The molecule has 4 nitrogen and oxygen atoms in total. The molecule has 1 aromatic heterocycles. The van der Waals surface area contributed by atoms with Crippen molar-refractivity contribution in [3.63, 3.8) is 0 Å². The van der Waals surface area contributed by atoms with Gasteiger partial charge < -0.3 is 4.74 Å². The van der Waals surface area contributed by atoms with Gasteiger partial charge in [0.25, 0.3) is 0 Å². The van der Waals surface area contributed by atoms with Crippen molar-refractivity contribution >= 4 is 17.6 Å². The molecule has 0 atom stereocenters. The highest BCUT2D eigenvalue weighted by molar-refractivity contribution is 6.30. The standard InChI is InChI=1S/C9H7ClN2O2/c1-14-9(13)8-5-6(10)4-7(12-8)2-3-11/h4-5H,2H2,1H3. The van der Waals surface area contributed by atoms with Gasteiger partial charge in [-0.25, -0.2) is 9.78 Å². The van der Waals surface area contributed by atoms with Crippen LogP contribution in [0.4, 0.5) is 0 Å². The first-order valence-corrected chi connectivity index (χ1v) is 4.17. The molecule has 1 rings (SSSR count). The quantitative estimate of drug-likeness (QED) is 0.696. The van der Waals surface area contributed by atoms with Gasteiger partial charge in [-0.2, -0.15) is 5.26 Å². The summed E-state index contributed by atoms with van der Waals surface area (Å²) in [7, 11) is 1.26. The van der Waals surface area contributed by atoms with Crippen LogP contribution in [0.2, 0.25) is 5.02 Å². The smallest absolute Gasteiger partial charge is 0.356 e. The summed E-state index contributed by atoms with van der Waals surface area (Å²) in [4.78, 5) is 15.0. The predicted octanol–water partition coefficient (Wildman–Crippen LogP) is 1.59. The number of halogens is 1. The third-order valence-corrected chi connectivity index (χ3v) is 1.72.